The fourth-order valence-electron chi connectivity index (χ4n) is 5.75. The van der Waals surface area contributed by atoms with Crippen molar-refractivity contribution in [1.29, 1.82) is 0 Å². The highest BCUT2D eigenvalue weighted by Gasteiger charge is 2.68. The van der Waals surface area contributed by atoms with Crippen LogP contribution < -0.4 is 14.2 Å². The molecule has 164 valence electrons. The fraction of sp³-hybridized carbons (Fsp3) is 0.333. The number of allylic oxidation sites excluding steroid dienone is 2. The number of carbonyl (C=O) groups excluding carboxylic acids is 2. The Kier molecular flexibility index (Phi) is 3.68. The molecule has 32 heavy (non-hydrogen) atoms. The predicted octanol–water partition coefficient (Wildman–Crippen LogP) is 3.32. The van der Waals surface area contributed by atoms with E-state index in [4.69, 9.17) is 14.2 Å². The summed E-state index contributed by atoms with van der Waals surface area (Å²) in [5.41, 5.74) is 4.48. The molecule has 2 aromatic heterocycles. The molecule has 0 unspecified atom stereocenters. The summed E-state index contributed by atoms with van der Waals surface area (Å²) in [6.07, 6.45) is 4.49. The standard InChI is InChI=1S/C24H23N3O5/c1-11-9-25-20-15(28)7-17-24(18(11)20)8-13(24)10-27(17)23(29)14-5-12-6-16(30-2)21(31-3)22(32-4)19(12)26-14/h5-7,9,13,25-26H,8,10H2,1-4H3/t13-,24+/m1/s1. The number of nitrogens with one attached hydrogen (secondary N) is 2. The van der Waals surface area contributed by atoms with Crippen LogP contribution in [-0.2, 0) is 5.41 Å². The first-order valence-corrected chi connectivity index (χ1v) is 10.5. The molecule has 1 amide bonds. The molecule has 3 aliphatic rings. The molecule has 2 aliphatic carbocycles. The number of benzene rings is 1. The summed E-state index contributed by atoms with van der Waals surface area (Å²) in [5.74, 6) is 1.54. The summed E-state index contributed by atoms with van der Waals surface area (Å²) < 4.78 is 16.4. The Morgan fingerprint density at radius 2 is 1.94 bits per heavy atom. The van der Waals surface area contributed by atoms with E-state index >= 15 is 0 Å². The summed E-state index contributed by atoms with van der Waals surface area (Å²) in [6, 6.07) is 3.60. The number of aromatic amines is 2. The van der Waals surface area contributed by atoms with Gasteiger partial charge in [0.2, 0.25) is 11.5 Å². The van der Waals surface area contributed by atoms with Crippen LogP contribution in [0.25, 0.3) is 10.9 Å². The minimum Gasteiger partial charge on any atom is -0.493 e. The van der Waals surface area contributed by atoms with E-state index in [0.29, 0.717) is 46.6 Å². The van der Waals surface area contributed by atoms with Crippen LogP contribution in [-0.4, -0.2) is 54.4 Å². The molecule has 2 fully saturated rings. The van der Waals surface area contributed by atoms with E-state index < -0.39 is 0 Å². The summed E-state index contributed by atoms with van der Waals surface area (Å²) in [4.78, 5) is 34.5. The van der Waals surface area contributed by atoms with Gasteiger partial charge in [0.1, 0.15) is 5.69 Å². The molecule has 2 N–H and O–H groups in total. The minimum atomic E-state index is -0.223. The van der Waals surface area contributed by atoms with Gasteiger partial charge in [-0.1, -0.05) is 0 Å². The number of likely N-dealkylation sites (tertiary alicyclic amines) is 1. The van der Waals surface area contributed by atoms with Crippen LogP contribution >= 0.6 is 0 Å². The third kappa shape index (κ3) is 2.16. The molecule has 6 rings (SSSR count). The van der Waals surface area contributed by atoms with Gasteiger partial charge in [-0.15, -0.1) is 0 Å². The van der Waals surface area contributed by atoms with Crippen molar-refractivity contribution in [2.45, 2.75) is 18.8 Å². The molecule has 3 aromatic rings. The van der Waals surface area contributed by atoms with Crippen molar-refractivity contribution in [3.05, 3.63) is 52.6 Å². The van der Waals surface area contributed by atoms with E-state index in [9.17, 15) is 9.59 Å². The van der Waals surface area contributed by atoms with Gasteiger partial charge in [-0.2, -0.15) is 0 Å². The van der Waals surface area contributed by atoms with Crippen LogP contribution in [0.15, 0.2) is 30.1 Å². The molecule has 0 bridgehead atoms. The number of nitrogens with zero attached hydrogens (tertiary/aromatic N) is 1. The van der Waals surface area contributed by atoms with Gasteiger partial charge in [-0.3, -0.25) is 9.59 Å². The SMILES string of the molecule is COc1cc2cc(C(=O)N3C[C@H]4C[C@@]45C3=CC(=O)c3[nH]cc(C)c35)[nH]c2c(OC)c1OC. The average Bonchev–Trinajstić information content (AvgIpc) is 3.11. The Bertz CT molecular complexity index is 1360. The van der Waals surface area contributed by atoms with Gasteiger partial charge in [0.05, 0.1) is 32.5 Å². The smallest absolute Gasteiger partial charge is 0.274 e. The highest BCUT2D eigenvalue weighted by molar-refractivity contribution is 6.09. The molecule has 8 nitrogen and oxygen atoms in total. The van der Waals surface area contributed by atoms with Crippen LogP contribution in [0.2, 0.25) is 0 Å². The number of fused-ring (bicyclic) bond motifs is 2. The van der Waals surface area contributed by atoms with Crippen molar-refractivity contribution in [2.24, 2.45) is 5.92 Å². The Morgan fingerprint density at radius 1 is 1.16 bits per heavy atom. The second-order valence-corrected chi connectivity index (χ2v) is 8.70. The molecule has 0 radical (unpaired) electrons. The Balaban J connectivity index is 1.43. The van der Waals surface area contributed by atoms with Crippen molar-refractivity contribution in [2.75, 3.05) is 27.9 Å². The molecular formula is C24H23N3O5. The number of hydrogen-bond donors (Lipinski definition) is 2. The largest absolute Gasteiger partial charge is 0.493 e. The van der Waals surface area contributed by atoms with Gasteiger partial charge in [0, 0.05) is 35.3 Å². The predicted molar refractivity (Wildman–Crippen MR) is 117 cm³/mol. The summed E-state index contributed by atoms with van der Waals surface area (Å²) in [6.45, 7) is 2.62. The molecule has 1 aromatic carbocycles. The lowest BCUT2D eigenvalue weighted by Gasteiger charge is -2.28. The number of piperidine rings is 1. The van der Waals surface area contributed by atoms with Gasteiger partial charge in [-0.25, -0.2) is 0 Å². The zero-order valence-corrected chi connectivity index (χ0v) is 18.3. The highest BCUT2D eigenvalue weighted by atomic mass is 16.5. The van der Waals surface area contributed by atoms with E-state index in [1.807, 2.05) is 19.2 Å². The second-order valence-electron chi connectivity index (χ2n) is 8.70. The highest BCUT2D eigenvalue weighted by Crippen LogP contribution is 2.67. The van der Waals surface area contributed by atoms with Crippen molar-refractivity contribution in [3.8, 4) is 17.2 Å². The Hall–Kier alpha value is -3.68. The quantitative estimate of drug-likeness (QED) is 0.658. The number of hydrogen-bond acceptors (Lipinski definition) is 5. The lowest BCUT2D eigenvalue weighted by molar-refractivity contribution is 0.0806. The van der Waals surface area contributed by atoms with Crippen LogP contribution in [0.1, 0.15) is 38.5 Å². The van der Waals surface area contributed by atoms with Crippen molar-refractivity contribution < 1.29 is 23.8 Å². The van der Waals surface area contributed by atoms with Gasteiger partial charge in [0.25, 0.3) is 5.91 Å². The molecule has 2 atom stereocenters. The summed E-state index contributed by atoms with van der Waals surface area (Å²) in [7, 11) is 4.65. The zero-order valence-electron chi connectivity index (χ0n) is 18.3. The van der Waals surface area contributed by atoms with Crippen LogP contribution in [0, 0.1) is 12.8 Å². The third-order valence-electron chi connectivity index (χ3n) is 7.19. The maximum Gasteiger partial charge on any atom is 0.274 e. The number of H-pyrrole nitrogens is 2. The first-order chi connectivity index (χ1) is 15.4. The monoisotopic (exact) mass is 433 g/mol. The topological polar surface area (TPSA) is 96.7 Å². The van der Waals surface area contributed by atoms with Gasteiger partial charge in [-0.05, 0) is 42.5 Å². The summed E-state index contributed by atoms with van der Waals surface area (Å²) >= 11 is 0. The number of amides is 1. The molecule has 3 heterocycles. The molecule has 8 heteroatoms. The molecule has 1 saturated carbocycles. The summed E-state index contributed by atoms with van der Waals surface area (Å²) in [5, 5.41) is 0.777. The maximum atomic E-state index is 13.6. The number of aromatic nitrogens is 2. The van der Waals surface area contributed by atoms with Crippen LogP contribution in [0.4, 0.5) is 0 Å². The lowest BCUT2D eigenvalue weighted by Crippen LogP contribution is -2.34. The number of ketones is 1. The first-order valence-electron chi connectivity index (χ1n) is 10.5. The van der Waals surface area contributed by atoms with Crippen LogP contribution in [0.5, 0.6) is 17.2 Å². The number of ether oxygens (including phenoxy) is 3. The number of methoxy groups -OCH3 is 3. The normalized spacial score (nSPS) is 22.9. The molecule has 1 saturated heterocycles. The molecular weight excluding hydrogens is 410 g/mol. The lowest BCUT2D eigenvalue weighted by atomic mass is 9.83. The second kappa shape index (κ2) is 6.18. The van der Waals surface area contributed by atoms with E-state index in [1.54, 1.807) is 38.4 Å². The first kappa shape index (κ1) is 19.0. The van der Waals surface area contributed by atoms with Gasteiger partial charge >= 0.3 is 0 Å². The van der Waals surface area contributed by atoms with E-state index in [1.165, 1.54) is 0 Å². The Morgan fingerprint density at radius 3 is 2.66 bits per heavy atom. The number of carbonyl (C=O) groups is 2. The molecule has 1 aliphatic heterocycles. The number of rotatable bonds is 4. The van der Waals surface area contributed by atoms with Gasteiger partial charge in [0.15, 0.2) is 11.5 Å². The van der Waals surface area contributed by atoms with E-state index in [2.05, 4.69) is 9.97 Å². The van der Waals surface area contributed by atoms with Gasteiger partial charge < -0.3 is 29.1 Å². The minimum absolute atomic E-state index is 0.0770. The van der Waals surface area contributed by atoms with Crippen LogP contribution in [0.3, 0.4) is 0 Å². The Labute approximate surface area is 184 Å². The average molecular weight is 433 g/mol. The van der Waals surface area contributed by atoms with Crippen molar-refractivity contribution in [3.63, 3.8) is 0 Å². The van der Waals surface area contributed by atoms with Crippen molar-refractivity contribution >= 4 is 22.6 Å². The fourth-order valence-corrected chi connectivity index (χ4v) is 5.75. The zero-order chi connectivity index (χ0) is 22.4. The maximum absolute atomic E-state index is 13.6. The molecule has 1 spiro atoms. The van der Waals surface area contributed by atoms with E-state index in [0.717, 1.165) is 28.6 Å². The van der Waals surface area contributed by atoms with Crippen molar-refractivity contribution in [1.82, 2.24) is 14.9 Å². The van der Waals surface area contributed by atoms with E-state index in [-0.39, 0.29) is 17.1 Å². The third-order valence-corrected chi connectivity index (χ3v) is 7.19. The number of aryl methyl sites for hydroxylation is 1.